The van der Waals surface area contributed by atoms with Crippen LogP contribution in [0.25, 0.3) is 0 Å². The average Bonchev–Trinajstić information content (AvgIpc) is 2.93. The van der Waals surface area contributed by atoms with Crippen LogP contribution in [0.3, 0.4) is 0 Å². The summed E-state index contributed by atoms with van der Waals surface area (Å²) < 4.78 is 0. The highest BCUT2D eigenvalue weighted by molar-refractivity contribution is 5.81. The highest BCUT2D eigenvalue weighted by atomic mass is 16.4. The predicted octanol–water partition coefficient (Wildman–Crippen LogP) is 0.607. The van der Waals surface area contributed by atoms with Crippen molar-refractivity contribution in [1.82, 2.24) is 9.80 Å². The van der Waals surface area contributed by atoms with E-state index in [1.165, 1.54) is 4.90 Å². The Kier molecular flexibility index (Phi) is 2.54. The number of likely N-dealkylation sites (N-methyl/N-ethyl adjacent to an activating group) is 1. The number of amides is 2. The van der Waals surface area contributed by atoms with Crippen LogP contribution in [0.5, 0.6) is 0 Å². The van der Waals surface area contributed by atoms with Crippen LogP contribution in [0.15, 0.2) is 0 Å². The maximum atomic E-state index is 11.7. The molecule has 0 aromatic heterocycles. The predicted molar refractivity (Wildman–Crippen MR) is 53.5 cm³/mol. The summed E-state index contributed by atoms with van der Waals surface area (Å²) in [6, 6.07) is -0.0230. The smallest absolute Gasteiger partial charge is 0.407 e. The first-order valence-electron chi connectivity index (χ1n) is 5.34. The number of hydrogen-bond donors (Lipinski definition) is 1. The molecule has 2 fully saturated rings. The molecule has 1 saturated carbocycles. The van der Waals surface area contributed by atoms with Gasteiger partial charge in [-0.2, -0.15) is 0 Å². The van der Waals surface area contributed by atoms with Gasteiger partial charge in [-0.25, -0.2) is 4.79 Å². The van der Waals surface area contributed by atoms with Crippen LogP contribution in [0.1, 0.15) is 19.3 Å². The van der Waals surface area contributed by atoms with Crippen LogP contribution in [-0.4, -0.2) is 53.1 Å². The molecule has 2 rings (SSSR count). The summed E-state index contributed by atoms with van der Waals surface area (Å²) in [4.78, 5) is 25.6. The molecule has 2 aliphatic rings. The number of likely N-dealkylation sites (tertiary alicyclic amines) is 1. The van der Waals surface area contributed by atoms with Crippen molar-refractivity contribution in [2.45, 2.75) is 25.3 Å². The monoisotopic (exact) mass is 212 g/mol. The van der Waals surface area contributed by atoms with Gasteiger partial charge in [-0.05, 0) is 19.3 Å². The number of rotatable bonds is 2. The van der Waals surface area contributed by atoms with Crippen molar-refractivity contribution in [2.24, 2.45) is 5.92 Å². The molecule has 0 bridgehead atoms. The van der Waals surface area contributed by atoms with Crippen molar-refractivity contribution >= 4 is 12.0 Å². The third kappa shape index (κ3) is 2.06. The van der Waals surface area contributed by atoms with Gasteiger partial charge in [0, 0.05) is 26.1 Å². The van der Waals surface area contributed by atoms with E-state index in [1.54, 1.807) is 7.05 Å². The highest BCUT2D eigenvalue weighted by Gasteiger charge is 2.38. The summed E-state index contributed by atoms with van der Waals surface area (Å²) in [6.45, 7) is 1.27. The SMILES string of the molecule is CN(C(=O)O)C1CCN(C(=O)C2CC2)C1. The zero-order chi connectivity index (χ0) is 11.0. The molecule has 0 spiro atoms. The van der Waals surface area contributed by atoms with Crippen LogP contribution in [0, 0.1) is 5.92 Å². The Labute approximate surface area is 88.6 Å². The van der Waals surface area contributed by atoms with Crippen molar-refractivity contribution in [2.75, 3.05) is 20.1 Å². The van der Waals surface area contributed by atoms with Crippen LogP contribution >= 0.6 is 0 Å². The third-order valence-electron chi connectivity index (χ3n) is 3.25. The molecule has 1 atom stereocenters. The molecule has 1 heterocycles. The molecule has 5 nitrogen and oxygen atoms in total. The van der Waals surface area contributed by atoms with Crippen LogP contribution in [0.2, 0.25) is 0 Å². The summed E-state index contributed by atoms with van der Waals surface area (Å²) in [5, 5.41) is 8.81. The molecule has 1 aliphatic heterocycles. The second-order valence-electron chi connectivity index (χ2n) is 4.39. The van der Waals surface area contributed by atoms with Gasteiger partial charge >= 0.3 is 6.09 Å². The Morgan fingerprint density at radius 3 is 2.53 bits per heavy atom. The van der Waals surface area contributed by atoms with Gasteiger partial charge in [0.25, 0.3) is 0 Å². The maximum absolute atomic E-state index is 11.7. The molecular weight excluding hydrogens is 196 g/mol. The summed E-state index contributed by atoms with van der Waals surface area (Å²) in [5.74, 6) is 0.454. The molecule has 15 heavy (non-hydrogen) atoms. The van der Waals surface area contributed by atoms with E-state index in [0.29, 0.717) is 13.1 Å². The average molecular weight is 212 g/mol. The van der Waals surface area contributed by atoms with Gasteiger partial charge in [0.2, 0.25) is 5.91 Å². The summed E-state index contributed by atoms with van der Waals surface area (Å²) in [6.07, 6.45) is 1.87. The first-order valence-corrected chi connectivity index (χ1v) is 5.34. The first kappa shape index (κ1) is 10.3. The van der Waals surface area contributed by atoms with Gasteiger partial charge in [0.15, 0.2) is 0 Å². The lowest BCUT2D eigenvalue weighted by molar-refractivity contribution is -0.131. The van der Waals surface area contributed by atoms with Crippen molar-refractivity contribution in [3.05, 3.63) is 0 Å². The molecule has 0 aromatic carbocycles. The van der Waals surface area contributed by atoms with Gasteiger partial charge in [0.05, 0.1) is 6.04 Å². The quantitative estimate of drug-likeness (QED) is 0.729. The van der Waals surface area contributed by atoms with Crippen molar-refractivity contribution in [3.63, 3.8) is 0 Å². The minimum atomic E-state index is -0.916. The lowest BCUT2D eigenvalue weighted by Crippen LogP contribution is -2.39. The molecule has 84 valence electrons. The molecule has 1 unspecified atom stereocenters. The van der Waals surface area contributed by atoms with E-state index in [1.807, 2.05) is 4.90 Å². The van der Waals surface area contributed by atoms with E-state index in [9.17, 15) is 9.59 Å². The molecular formula is C10H16N2O3. The fraction of sp³-hybridized carbons (Fsp3) is 0.800. The lowest BCUT2D eigenvalue weighted by Gasteiger charge is -2.21. The van der Waals surface area contributed by atoms with E-state index < -0.39 is 6.09 Å². The van der Waals surface area contributed by atoms with Gasteiger partial charge in [-0.1, -0.05) is 0 Å². The van der Waals surface area contributed by atoms with Crippen molar-refractivity contribution in [3.8, 4) is 0 Å². The second-order valence-corrected chi connectivity index (χ2v) is 4.39. The lowest BCUT2D eigenvalue weighted by atomic mass is 10.2. The Morgan fingerprint density at radius 1 is 1.33 bits per heavy atom. The largest absolute Gasteiger partial charge is 0.465 e. The number of hydrogen-bond acceptors (Lipinski definition) is 2. The Balaban J connectivity index is 1.88. The molecule has 0 aromatic rings. The van der Waals surface area contributed by atoms with E-state index in [0.717, 1.165) is 19.3 Å². The zero-order valence-electron chi connectivity index (χ0n) is 8.85. The van der Waals surface area contributed by atoms with E-state index in [4.69, 9.17) is 5.11 Å². The number of nitrogens with zero attached hydrogens (tertiary/aromatic N) is 2. The molecule has 5 heteroatoms. The fourth-order valence-corrected chi connectivity index (χ4v) is 2.00. The van der Waals surface area contributed by atoms with Crippen LogP contribution < -0.4 is 0 Å². The third-order valence-corrected chi connectivity index (χ3v) is 3.25. The maximum Gasteiger partial charge on any atom is 0.407 e. The fourth-order valence-electron chi connectivity index (χ4n) is 2.00. The standard InChI is InChI=1S/C10H16N2O3/c1-11(10(14)15)8-4-5-12(6-8)9(13)7-2-3-7/h7-8H,2-6H2,1H3,(H,14,15). The van der Waals surface area contributed by atoms with E-state index in [-0.39, 0.29) is 17.9 Å². The van der Waals surface area contributed by atoms with Gasteiger partial charge in [0.1, 0.15) is 0 Å². The molecule has 0 radical (unpaired) electrons. The van der Waals surface area contributed by atoms with E-state index >= 15 is 0 Å². The van der Waals surface area contributed by atoms with Gasteiger partial charge < -0.3 is 14.9 Å². The topological polar surface area (TPSA) is 60.9 Å². The second kappa shape index (κ2) is 3.72. The number of carbonyl (C=O) groups is 2. The molecule has 1 N–H and O–H groups in total. The Morgan fingerprint density at radius 2 is 2.00 bits per heavy atom. The number of carboxylic acid groups (broad SMARTS) is 1. The summed E-state index contributed by atoms with van der Waals surface area (Å²) in [7, 11) is 1.57. The van der Waals surface area contributed by atoms with E-state index in [2.05, 4.69) is 0 Å². The normalized spacial score (nSPS) is 25.4. The first-order chi connectivity index (χ1) is 7.09. The Bertz CT molecular complexity index is 288. The van der Waals surface area contributed by atoms with Crippen LogP contribution in [0.4, 0.5) is 4.79 Å². The molecule has 1 aliphatic carbocycles. The summed E-state index contributed by atoms with van der Waals surface area (Å²) >= 11 is 0. The van der Waals surface area contributed by atoms with Gasteiger partial charge in [-0.3, -0.25) is 4.79 Å². The van der Waals surface area contributed by atoms with Crippen molar-refractivity contribution in [1.29, 1.82) is 0 Å². The minimum absolute atomic E-state index is 0.0230. The molecule has 2 amide bonds. The summed E-state index contributed by atoms with van der Waals surface area (Å²) in [5.41, 5.74) is 0. The minimum Gasteiger partial charge on any atom is -0.465 e. The van der Waals surface area contributed by atoms with Crippen molar-refractivity contribution < 1.29 is 14.7 Å². The molecule has 1 saturated heterocycles. The van der Waals surface area contributed by atoms with Gasteiger partial charge in [-0.15, -0.1) is 0 Å². The zero-order valence-corrected chi connectivity index (χ0v) is 8.85. The highest BCUT2D eigenvalue weighted by Crippen LogP contribution is 2.32. The number of carbonyl (C=O) groups excluding carboxylic acids is 1. The van der Waals surface area contributed by atoms with Crippen LogP contribution in [-0.2, 0) is 4.79 Å². The Hall–Kier alpha value is -1.26.